The minimum absolute atomic E-state index is 0.0765. The van der Waals surface area contributed by atoms with Crippen LogP contribution < -0.4 is 0 Å². The quantitative estimate of drug-likeness (QED) is 0.670. The van der Waals surface area contributed by atoms with Gasteiger partial charge in [0.1, 0.15) is 5.60 Å². The molecule has 0 rings (SSSR count). The van der Waals surface area contributed by atoms with Gasteiger partial charge in [-0.05, 0) is 27.2 Å². The summed E-state index contributed by atoms with van der Waals surface area (Å²) in [4.78, 5) is 11.2. The van der Waals surface area contributed by atoms with Gasteiger partial charge >= 0.3 is 5.97 Å². The van der Waals surface area contributed by atoms with E-state index in [-0.39, 0.29) is 12.4 Å². The highest BCUT2D eigenvalue weighted by atomic mass is 16.6. The van der Waals surface area contributed by atoms with Crippen molar-refractivity contribution in [3.8, 4) is 0 Å². The Labute approximate surface area is 80.1 Å². The number of carbonyl (C=O) groups excluding carboxylic acids is 1. The molecule has 0 amide bonds. The van der Waals surface area contributed by atoms with E-state index in [0.29, 0.717) is 0 Å². The molecule has 1 atom stereocenters. The third kappa shape index (κ3) is 6.58. The lowest BCUT2D eigenvalue weighted by atomic mass is 10.0. The summed E-state index contributed by atoms with van der Waals surface area (Å²) in [5.74, 6) is -0.326. The van der Waals surface area contributed by atoms with Gasteiger partial charge in [0.15, 0.2) is 0 Å². The molecule has 0 aromatic carbocycles. The lowest BCUT2D eigenvalue weighted by Crippen LogP contribution is -2.29. The summed E-state index contributed by atoms with van der Waals surface area (Å²) in [6, 6.07) is 0. The highest BCUT2D eigenvalue weighted by Crippen LogP contribution is 2.17. The first kappa shape index (κ1) is 12.4. The zero-order chi connectivity index (χ0) is 10.5. The predicted molar refractivity (Wildman–Crippen MR) is 51.4 cm³/mol. The molecule has 0 radical (unpaired) electrons. The largest absolute Gasteiger partial charge is 0.460 e. The summed E-state index contributed by atoms with van der Waals surface area (Å²) in [6.07, 6.45) is 1.28. The maximum Gasteiger partial charge on any atom is 0.308 e. The molecule has 3 nitrogen and oxygen atoms in total. The highest BCUT2D eigenvalue weighted by molar-refractivity contribution is 5.70. The Morgan fingerprint density at radius 3 is 2.46 bits per heavy atom. The van der Waals surface area contributed by atoms with E-state index < -0.39 is 11.7 Å². The van der Waals surface area contributed by atoms with Crippen molar-refractivity contribution in [2.45, 2.75) is 58.7 Å². The molecule has 0 aromatic rings. The summed E-state index contributed by atoms with van der Waals surface area (Å²) in [6.45, 7) is 7.39. The molecule has 0 saturated heterocycles. The van der Waals surface area contributed by atoms with Crippen LogP contribution in [0, 0.1) is 0 Å². The molecule has 0 saturated carbocycles. The van der Waals surface area contributed by atoms with Gasteiger partial charge < -0.3 is 9.84 Å². The topological polar surface area (TPSA) is 46.5 Å². The van der Waals surface area contributed by atoms with Crippen molar-refractivity contribution in [1.29, 1.82) is 0 Å². The Bertz CT molecular complexity index is 162. The Morgan fingerprint density at radius 1 is 1.54 bits per heavy atom. The second-order valence-electron chi connectivity index (χ2n) is 4.04. The Morgan fingerprint density at radius 2 is 2.08 bits per heavy atom. The Kier molecular flexibility index (Phi) is 4.99. The van der Waals surface area contributed by atoms with E-state index in [4.69, 9.17) is 9.84 Å². The van der Waals surface area contributed by atoms with Crippen LogP contribution in [0.2, 0.25) is 0 Å². The van der Waals surface area contributed by atoms with Gasteiger partial charge in [-0.1, -0.05) is 13.3 Å². The second-order valence-corrected chi connectivity index (χ2v) is 4.04. The molecule has 78 valence electrons. The van der Waals surface area contributed by atoms with E-state index in [9.17, 15) is 4.79 Å². The number of hydrogen-bond acceptors (Lipinski definition) is 3. The summed E-state index contributed by atoms with van der Waals surface area (Å²) in [5.41, 5.74) is -0.402. The first-order valence-corrected chi connectivity index (χ1v) is 4.77. The summed E-state index contributed by atoms with van der Waals surface area (Å²) in [7, 11) is 0. The van der Waals surface area contributed by atoms with Crippen LogP contribution in [0.4, 0.5) is 0 Å². The third-order valence-electron chi connectivity index (χ3n) is 1.70. The van der Waals surface area contributed by atoms with Gasteiger partial charge in [-0.25, -0.2) is 0 Å². The number of hydrogen-bond donors (Lipinski definition) is 1. The van der Waals surface area contributed by atoms with Gasteiger partial charge in [0.05, 0.1) is 12.5 Å². The molecule has 1 N–H and O–H groups in total. The van der Waals surface area contributed by atoms with Crippen molar-refractivity contribution in [2.75, 3.05) is 0 Å². The van der Waals surface area contributed by atoms with Crippen molar-refractivity contribution < 1.29 is 14.6 Å². The molecule has 13 heavy (non-hydrogen) atoms. The molecule has 0 spiro atoms. The molecule has 3 heteroatoms. The molecule has 0 heterocycles. The highest BCUT2D eigenvalue weighted by Gasteiger charge is 2.22. The van der Waals surface area contributed by atoms with Crippen LogP contribution in [-0.4, -0.2) is 22.8 Å². The average molecular weight is 188 g/mol. The van der Waals surface area contributed by atoms with Crippen LogP contribution in [0.1, 0.15) is 47.0 Å². The van der Waals surface area contributed by atoms with E-state index in [1.54, 1.807) is 6.92 Å². The zero-order valence-electron chi connectivity index (χ0n) is 8.96. The Hall–Kier alpha value is -0.570. The number of rotatable bonds is 5. The number of ether oxygens (including phenoxy) is 1. The molecule has 0 aliphatic carbocycles. The zero-order valence-corrected chi connectivity index (χ0v) is 8.96. The molecular weight excluding hydrogens is 168 g/mol. The fraction of sp³-hybridized carbons (Fsp3) is 0.900. The Balaban J connectivity index is 3.89. The standard InChI is InChI=1S/C10H20O3/c1-5-6-10(3,4)13-9(12)7-8(2)11/h8,11H,5-7H2,1-4H3. The number of esters is 1. The van der Waals surface area contributed by atoms with E-state index in [0.717, 1.165) is 12.8 Å². The fourth-order valence-electron chi connectivity index (χ4n) is 1.24. The minimum Gasteiger partial charge on any atom is -0.460 e. The van der Waals surface area contributed by atoms with E-state index in [2.05, 4.69) is 0 Å². The van der Waals surface area contributed by atoms with Crippen molar-refractivity contribution in [1.82, 2.24) is 0 Å². The van der Waals surface area contributed by atoms with E-state index in [1.807, 2.05) is 20.8 Å². The van der Waals surface area contributed by atoms with E-state index in [1.165, 1.54) is 0 Å². The fourth-order valence-corrected chi connectivity index (χ4v) is 1.24. The van der Waals surface area contributed by atoms with Crippen LogP contribution >= 0.6 is 0 Å². The summed E-state index contributed by atoms with van der Waals surface area (Å²) in [5, 5.41) is 8.95. The number of carbonyl (C=O) groups is 1. The average Bonchev–Trinajstić information content (AvgIpc) is 1.81. The van der Waals surface area contributed by atoms with Gasteiger partial charge in [-0.2, -0.15) is 0 Å². The molecular formula is C10H20O3. The van der Waals surface area contributed by atoms with Gasteiger partial charge in [-0.3, -0.25) is 4.79 Å². The molecule has 0 fully saturated rings. The van der Waals surface area contributed by atoms with Crippen LogP contribution in [0.5, 0.6) is 0 Å². The van der Waals surface area contributed by atoms with Gasteiger partial charge in [-0.15, -0.1) is 0 Å². The molecule has 0 bridgehead atoms. The molecule has 0 aromatic heterocycles. The summed E-state index contributed by atoms with van der Waals surface area (Å²) >= 11 is 0. The maximum absolute atomic E-state index is 11.2. The van der Waals surface area contributed by atoms with Crippen LogP contribution in [0.15, 0.2) is 0 Å². The molecule has 1 unspecified atom stereocenters. The van der Waals surface area contributed by atoms with Gasteiger partial charge in [0.25, 0.3) is 0 Å². The smallest absolute Gasteiger partial charge is 0.308 e. The first-order valence-electron chi connectivity index (χ1n) is 4.77. The van der Waals surface area contributed by atoms with Crippen molar-refractivity contribution in [3.05, 3.63) is 0 Å². The minimum atomic E-state index is -0.620. The molecule has 0 aliphatic heterocycles. The van der Waals surface area contributed by atoms with Crippen LogP contribution in [0.3, 0.4) is 0 Å². The van der Waals surface area contributed by atoms with Gasteiger partial charge in [0, 0.05) is 0 Å². The third-order valence-corrected chi connectivity index (χ3v) is 1.70. The van der Waals surface area contributed by atoms with Crippen molar-refractivity contribution in [2.24, 2.45) is 0 Å². The normalized spacial score (nSPS) is 13.9. The van der Waals surface area contributed by atoms with Crippen molar-refractivity contribution >= 4 is 5.97 Å². The van der Waals surface area contributed by atoms with Crippen LogP contribution in [-0.2, 0) is 9.53 Å². The number of aliphatic hydroxyl groups excluding tert-OH is 1. The second kappa shape index (κ2) is 5.22. The lowest BCUT2D eigenvalue weighted by molar-refractivity contribution is -0.159. The summed E-state index contributed by atoms with van der Waals surface area (Å²) < 4.78 is 5.19. The van der Waals surface area contributed by atoms with E-state index >= 15 is 0 Å². The predicted octanol–water partition coefficient (Wildman–Crippen LogP) is 1.88. The SMILES string of the molecule is CCCC(C)(C)OC(=O)CC(C)O. The van der Waals surface area contributed by atoms with Gasteiger partial charge in [0.2, 0.25) is 0 Å². The first-order chi connectivity index (χ1) is 5.87. The number of aliphatic hydroxyl groups is 1. The lowest BCUT2D eigenvalue weighted by Gasteiger charge is -2.24. The van der Waals surface area contributed by atoms with Crippen LogP contribution in [0.25, 0.3) is 0 Å². The van der Waals surface area contributed by atoms with Crippen molar-refractivity contribution in [3.63, 3.8) is 0 Å². The monoisotopic (exact) mass is 188 g/mol. The maximum atomic E-state index is 11.2. The molecule has 0 aliphatic rings.